The maximum Gasteiger partial charge on any atom is 0.206 e. The van der Waals surface area contributed by atoms with E-state index in [0.29, 0.717) is 4.90 Å². The lowest BCUT2D eigenvalue weighted by Crippen LogP contribution is -2.01. The summed E-state index contributed by atoms with van der Waals surface area (Å²) in [4.78, 5) is 9.26. The minimum absolute atomic E-state index is 0.272. The van der Waals surface area contributed by atoms with Crippen LogP contribution in [0.4, 0.5) is 0 Å². The average molecular weight is 346 g/mol. The quantitative estimate of drug-likeness (QED) is 0.560. The second-order valence-electron chi connectivity index (χ2n) is 5.57. The minimum Gasteiger partial charge on any atom is -0.253 e. The van der Waals surface area contributed by atoms with E-state index in [1.165, 1.54) is 0 Å². The Morgan fingerprint density at radius 1 is 0.640 bits per heavy atom. The molecule has 0 spiro atoms. The fourth-order valence-electron chi connectivity index (χ4n) is 2.78. The van der Waals surface area contributed by atoms with Gasteiger partial charge >= 0.3 is 0 Å². The zero-order valence-corrected chi connectivity index (χ0v) is 14.0. The van der Waals surface area contributed by atoms with Gasteiger partial charge in [0.1, 0.15) is 0 Å². The number of nitrogens with zero attached hydrogens (tertiary/aromatic N) is 2. The maximum atomic E-state index is 12.7. The second kappa shape index (κ2) is 6.11. The van der Waals surface area contributed by atoms with Gasteiger partial charge in [0.25, 0.3) is 0 Å². The van der Waals surface area contributed by atoms with Gasteiger partial charge in [-0.3, -0.25) is 9.97 Å². The Kier molecular flexibility index (Phi) is 3.78. The van der Waals surface area contributed by atoms with E-state index in [-0.39, 0.29) is 4.90 Å². The van der Waals surface area contributed by atoms with Crippen LogP contribution in [0.25, 0.3) is 22.2 Å². The highest BCUT2D eigenvalue weighted by atomic mass is 32.2. The first-order valence-corrected chi connectivity index (χ1v) is 9.25. The van der Waals surface area contributed by atoms with E-state index in [4.69, 9.17) is 0 Å². The van der Waals surface area contributed by atoms with E-state index >= 15 is 0 Å². The molecule has 0 atom stereocenters. The second-order valence-corrected chi connectivity index (χ2v) is 7.52. The fourth-order valence-corrected chi connectivity index (χ4v) is 4.06. The van der Waals surface area contributed by atoms with Gasteiger partial charge < -0.3 is 0 Å². The third-order valence-corrected chi connectivity index (χ3v) is 5.81. The monoisotopic (exact) mass is 346 g/mol. The zero-order chi connectivity index (χ0) is 17.3. The zero-order valence-electron chi connectivity index (χ0n) is 13.2. The number of hydrogen-bond acceptors (Lipinski definition) is 4. The van der Waals surface area contributed by atoms with Crippen molar-refractivity contribution in [3.05, 3.63) is 85.2 Å². The fraction of sp³-hybridized carbons (Fsp3) is 0. The largest absolute Gasteiger partial charge is 0.253 e. The Morgan fingerprint density at radius 3 is 2.08 bits per heavy atom. The molecule has 25 heavy (non-hydrogen) atoms. The average Bonchev–Trinajstić information content (AvgIpc) is 2.68. The third kappa shape index (κ3) is 2.79. The molecule has 0 radical (unpaired) electrons. The maximum absolute atomic E-state index is 12.7. The lowest BCUT2D eigenvalue weighted by Gasteiger charge is -2.08. The molecule has 4 nitrogen and oxygen atoms in total. The number of benzene rings is 3. The van der Waals surface area contributed by atoms with E-state index < -0.39 is 9.84 Å². The number of hydrogen-bond donors (Lipinski definition) is 0. The van der Waals surface area contributed by atoms with Crippen molar-refractivity contribution >= 4 is 20.9 Å². The number of fused-ring (bicyclic) bond motifs is 1. The van der Waals surface area contributed by atoms with Crippen LogP contribution in [0.3, 0.4) is 0 Å². The van der Waals surface area contributed by atoms with Crippen molar-refractivity contribution in [3.63, 3.8) is 0 Å². The van der Waals surface area contributed by atoms with Crippen LogP contribution in [0, 0.1) is 0 Å². The van der Waals surface area contributed by atoms with E-state index in [0.717, 1.165) is 22.2 Å². The third-order valence-electron chi connectivity index (χ3n) is 4.03. The van der Waals surface area contributed by atoms with Crippen molar-refractivity contribution in [1.29, 1.82) is 0 Å². The summed E-state index contributed by atoms with van der Waals surface area (Å²) >= 11 is 0. The molecule has 1 aromatic heterocycles. The van der Waals surface area contributed by atoms with Crippen molar-refractivity contribution < 1.29 is 8.42 Å². The van der Waals surface area contributed by atoms with Gasteiger partial charge in [-0.2, -0.15) is 0 Å². The Labute approximate surface area is 145 Å². The molecule has 5 heteroatoms. The van der Waals surface area contributed by atoms with Gasteiger partial charge in [-0.25, -0.2) is 8.42 Å². The van der Waals surface area contributed by atoms with Crippen molar-refractivity contribution in [1.82, 2.24) is 9.97 Å². The molecule has 122 valence electrons. The summed E-state index contributed by atoms with van der Waals surface area (Å²) in [6.45, 7) is 0. The first-order chi connectivity index (χ1) is 12.2. The van der Waals surface area contributed by atoms with E-state index in [1.807, 2.05) is 18.2 Å². The van der Waals surface area contributed by atoms with Crippen molar-refractivity contribution in [2.24, 2.45) is 0 Å². The van der Waals surface area contributed by atoms with Gasteiger partial charge in [0, 0.05) is 18.0 Å². The van der Waals surface area contributed by atoms with Crippen LogP contribution in [0.15, 0.2) is 95.0 Å². The summed E-state index contributed by atoms with van der Waals surface area (Å²) < 4.78 is 25.3. The predicted molar refractivity (Wildman–Crippen MR) is 96.9 cm³/mol. The van der Waals surface area contributed by atoms with Crippen LogP contribution in [0.5, 0.6) is 0 Å². The molecule has 0 saturated carbocycles. The number of para-hydroxylation sites is 1. The lowest BCUT2D eigenvalue weighted by atomic mass is 10.0. The molecule has 4 aromatic rings. The molecule has 0 fully saturated rings. The Balaban J connectivity index is 1.78. The van der Waals surface area contributed by atoms with Crippen LogP contribution < -0.4 is 0 Å². The van der Waals surface area contributed by atoms with Crippen LogP contribution in [0.2, 0.25) is 0 Å². The van der Waals surface area contributed by atoms with Gasteiger partial charge in [0.15, 0.2) is 0 Å². The summed E-state index contributed by atoms with van der Waals surface area (Å²) in [7, 11) is -3.51. The smallest absolute Gasteiger partial charge is 0.206 e. The minimum atomic E-state index is -3.51. The molecule has 0 N–H and O–H groups in total. The van der Waals surface area contributed by atoms with Gasteiger partial charge in [-0.05, 0) is 35.9 Å². The molecule has 1 heterocycles. The molecule has 4 rings (SSSR count). The summed E-state index contributed by atoms with van der Waals surface area (Å²) in [5.41, 5.74) is 3.43. The number of rotatable bonds is 3. The number of aromatic nitrogens is 2. The van der Waals surface area contributed by atoms with Crippen LogP contribution in [0.1, 0.15) is 0 Å². The molecule has 0 unspecified atom stereocenters. The van der Waals surface area contributed by atoms with Crippen LogP contribution in [-0.2, 0) is 9.84 Å². The van der Waals surface area contributed by atoms with Crippen molar-refractivity contribution in [2.75, 3.05) is 0 Å². The van der Waals surface area contributed by atoms with Gasteiger partial charge in [0.05, 0.1) is 20.8 Å². The highest BCUT2D eigenvalue weighted by molar-refractivity contribution is 7.91. The summed E-state index contributed by atoms with van der Waals surface area (Å²) in [6.07, 6.45) is 3.31. The first-order valence-electron chi connectivity index (χ1n) is 7.76. The van der Waals surface area contributed by atoms with Gasteiger partial charge in [0.2, 0.25) is 9.84 Å². The molecule has 0 aliphatic heterocycles. The van der Waals surface area contributed by atoms with Crippen LogP contribution in [-0.4, -0.2) is 18.4 Å². The highest BCUT2D eigenvalue weighted by Gasteiger charge is 2.17. The van der Waals surface area contributed by atoms with Gasteiger partial charge in [-0.1, -0.05) is 42.5 Å². The summed E-state index contributed by atoms with van der Waals surface area (Å²) in [5, 5.41) is 0. The highest BCUT2D eigenvalue weighted by Crippen LogP contribution is 2.28. The molecule has 3 aromatic carbocycles. The van der Waals surface area contributed by atoms with Crippen molar-refractivity contribution in [3.8, 4) is 11.1 Å². The molecular formula is C20H14N2O2S. The predicted octanol–water partition coefficient (Wildman–Crippen LogP) is 4.13. The Bertz CT molecular complexity index is 1130. The van der Waals surface area contributed by atoms with E-state index in [9.17, 15) is 8.42 Å². The van der Waals surface area contributed by atoms with E-state index in [2.05, 4.69) is 9.97 Å². The normalized spacial score (nSPS) is 11.5. The number of sulfone groups is 1. The van der Waals surface area contributed by atoms with Crippen molar-refractivity contribution in [2.45, 2.75) is 9.79 Å². The standard InChI is InChI=1S/C20H14N2O2S/c23-25(24,16-5-2-1-3-6-16)17-11-9-15(10-12-17)18-7-4-8-19-20(18)22-14-13-21-19/h1-14H. The van der Waals surface area contributed by atoms with Crippen LogP contribution >= 0.6 is 0 Å². The molecule has 0 saturated heterocycles. The van der Waals surface area contributed by atoms with E-state index in [1.54, 1.807) is 67.0 Å². The molecule has 0 amide bonds. The Hall–Kier alpha value is -3.05. The topological polar surface area (TPSA) is 59.9 Å². The first kappa shape index (κ1) is 15.5. The molecule has 0 bridgehead atoms. The molecule has 0 aliphatic rings. The van der Waals surface area contributed by atoms with Gasteiger partial charge in [-0.15, -0.1) is 0 Å². The SMILES string of the molecule is O=S(=O)(c1ccccc1)c1ccc(-c2cccc3nccnc23)cc1. The molecule has 0 aliphatic carbocycles. The molecular weight excluding hydrogens is 332 g/mol. The summed E-state index contributed by atoms with van der Waals surface area (Å²) in [6, 6.07) is 21.1. The summed E-state index contributed by atoms with van der Waals surface area (Å²) in [5.74, 6) is 0. The Morgan fingerprint density at radius 2 is 1.32 bits per heavy atom. The lowest BCUT2D eigenvalue weighted by molar-refractivity contribution is 0.596.